The summed E-state index contributed by atoms with van der Waals surface area (Å²) in [5.74, 6) is 0.789. The minimum absolute atomic E-state index is 0.0737. The number of anilines is 1. The van der Waals surface area contributed by atoms with Crippen molar-refractivity contribution < 1.29 is 9.53 Å². The number of hydrogen-bond acceptors (Lipinski definition) is 3. The van der Waals surface area contributed by atoms with Crippen LogP contribution in [-0.2, 0) is 0 Å². The first-order valence-electron chi connectivity index (χ1n) is 8.35. The van der Waals surface area contributed by atoms with Crippen molar-refractivity contribution in [2.75, 3.05) is 31.6 Å². The Kier molecular flexibility index (Phi) is 4.74. The summed E-state index contributed by atoms with van der Waals surface area (Å²) in [5, 5.41) is 0. The van der Waals surface area contributed by atoms with Gasteiger partial charge in [0.25, 0.3) is 5.91 Å². The number of rotatable bonds is 3. The molecule has 0 spiro atoms. The van der Waals surface area contributed by atoms with Crippen LogP contribution in [0.2, 0.25) is 0 Å². The summed E-state index contributed by atoms with van der Waals surface area (Å²) in [6.07, 6.45) is 0. The summed E-state index contributed by atoms with van der Waals surface area (Å²) in [6, 6.07) is 16.2. The van der Waals surface area contributed by atoms with Crippen LogP contribution >= 0.6 is 0 Å². The van der Waals surface area contributed by atoms with Crippen molar-refractivity contribution in [2.45, 2.75) is 19.9 Å². The smallest absolute Gasteiger partial charge is 0.254 e. The lowest BCUT2D eigenvalue weighted by Crippen LogP contribution is -2.53. The van der Waals surface area contributed by atoms with Crippen molar-refractivity contribution >= 4 is 11.6 Å². The molecule has 4 heteroatoms. The molecule has 1 aliphatic rings. The van der Waals surface area contributed by atoms with E-state index in [9.17, 15) is 4.79 Å². The maximum Gasteiger partial charge on any atom is 0.254 e. The maximum atomic E-state index is 12.8. The minimum Gasteiger partial charge on any atom is -0.497 e. The molecular weight excluding hydrogens is 300 g/mol. The molecule has 1 saturated heterocycles. The number of nitrogens with zero attached hydrogens (tertiary/aromatic N) is 2. The van der Waals surface area contributed by atoms with Crippen molar-refractivity contribution in [3.8, 4) is 5.75 Å². The second kappa shape index (κ2) is 6.95. The van der Waals surface area contributed by atoms with Gasteiger partial charge in [-0.3, -0.25) is 4.79 Å². The van der Waals surface area contributed by atoms with Crippen molar-refractivity contribution in [3.63, 3.8) is 0 Å². The number of ether oxygens (including phenoxy) is 1. The van der Waals surface area contributed by atoms with Gasteiger partial charge in [0.1, 0.15) is 5.75 Å². The zero-order chi connectivity index (χ0) is 17.1. The Bertz CT molecular complexity index is 729. The van der Waals surface area contributed by atoms with Crippen LogP contribution in [0.5, 0.6) is 5.75 Å². The number of aryl methyl sites for hydroxylation is 1. The molecule has 0 N–H and O–H groups in total. The van der Waals surface area contributed by atoms with E-state index in [1.54, 1.807) is 13.2 Å². The molecular formula is C20H24N2O2. The first-order chi connectivity index (χ1) is 11.6. The van der Waals surface area contributed by atoms with Gasteiger partial charge in [0.05, 0.1) is 7.11 Å². The summed E-state index contributed by atoms with van der Waals surface area (Å²) in [6.45, 7) is 6.59. The van der Waals surface area contributed by atoms with Crippen LogP contribution in [0.4, 0.5) is 5.69 Å². The monoisotopic (exact) mass is 324 g/mol. The highest BCUT2D eigenvalue weighted by molar-refractivity contribution is 5.94. The number of benzene rings is 2. The predicted molar refractivity (Wildman–Crippen MR) is 96.9 cm³/mol. The molecule has 0 radical (unpaired) electrons. The first-order valence-corrected chi connectivity index (χ1v) is 8.35. The highest BCUT2D eigenvalue weighted by atomic mass is 16.5. The number of hydrogen-bond donors (Lipinski definition) is 0. The molecule has 1 unspecified atom stereocenters. The SMILES string of the molecule is COc1cccc(C(=O)N2CCN(c3cccc(C)c3)C(C)C2)c1. The molecule has 24 heavy (non-hydrogen) atoms. The zero-order valence-corrected chi connectivity index (χ0v) is 14.5. The van der Waals surface area contributed by atoms with Crippen LogP contribution in [0.1, 0.15) is 22.8 Å². The molecule has 2 aromatic carbocycles. The molecule has 0 bridgehead atoms. The molecule has 2 aromatic rings. The number of carbonyl (C=O) groups excluding carboxylic acids is 1. The molecule has 1 fully saturated rings. The summed E-state index contributed by atoms with van der Waals surface area (Å²) in [7, 11) is 1.62. The molecule has 0 saturated carbocycles. The van der Waals surface area contributed by atoms with Gasteiger partial charge in [-0.15, -0.1) is 0 Å². The highest BCUT2D eigenvalue weighted by Gasteiger charge is 2.27. The Morgan fingerprint density at radius 1 is 1.12 bits per heavy atom. The van der Waals surface area contributed by atoms with Crippen LogP contribution in [-0.4, -0.2) is 43.6 Å². The van der Waals surface area contributed by atoms with Gasteiger partial charge in [-0.25, -0.2) is 0 Å². The van der Waals surface area contributed by atoms with Gasteiger partial charge < -0.3 is 14.5 Å². The van der Waals surface area contributed by atoms with E-state index in [1.807, 2.05) is 23.1 Å². The standard InChI is InChI=1S/C20H24N2O2/c1-15-6-4-8-18(12-15)22-11-10-21(14-16(22)2)20(23)17-7-5-9-19(13-17)24-3/h4-9,12-13,16H,10-11,14H2,1-3H3. The lowest BCUT2D eigenvalue weighted by Gasteiger charge is -2.41. The van der Waals surface area contributed by atoms with E-state index in [-0.39, 0.29) is 11.9 Å². The van der Waals surface area contributed by atoms with Gasteiger partial charge >= 0.3 is 0 Å². The summed E-state index contributed by atoms with van der Waals surface area (Å²) in [5.41, 5.74) is 3.18. The van der Waals surface area contributed by atoms with Crippen LogP contribution < -0.4 is 9.64 Å². The Balaban J connectivity index is 1.71. The fourth-order valence-corrected chi connectivity index (χ4v) is 3.27. The highest BCUT2D eigenvalue weighted by Crippen LogP contribution is 2.23. The third kappa shape index (κ3) is 3.37. The largest absolute Gasteiger partial charge is 0.497 e. The molecule has 0 aliphatic carbocycles. The Morgan fingerprint density at radius 3 is 2.62 bits per heavy atom. The van der Waals surface area contributed by atoms with Gasteiger partial charge in [0.2, 0.25) is 0 Å². The molecule has 126 valence electrons. The third-order valence-electron chi connectivity index (χ3n) is 4.56. The summed E-state index contributed by atoms with van der Waals surface area (Å²) in [4.78, 5) is 17.1. The number of carbonyl (C=O) groups is 1. The lowest BCUT2D eigenvalue weighted by atomic mass is 10.1. The summed E-state index contributed by atoms with van der Waals surface area (Å²) >= 11 is 0. The van der Waals surface area contributed by atoms with E-state index in [4.69, 9.17) is 4.74 Å². The molecule has 1 atom stereocenters. The number of piperazine rings is 1. The molecule has 1 heterocycles. The van der Waals surface area contributed by atoms with Crippen LogP contribution in [0.25, 0.3) is 0 Å². The average Bonchev–Trinajstić information content (AvgIpc) is 2.61. The normalized spacial score (nSPS) is 17.7. The van der Waals surface area contributed by atoms with Gasteiger partial charge in [0, 0.05) is 36.9 Å². The molecule has 0 aromatic heterocycles. The second-order valence-electron chi connectivity index (χ2n) is 6.36. The lowest BCUT2D eigenvalue weighted by molar-refractivity contribution is 0.0726. The van der Waals surface area contributed by atoms with Crippen molar-refractivity contribution in [3.05, 3.63) is 59.7 Å². The van der Waals surface area contributed by atoms with Gasteiger partial charge in [0.15, 0.2) is 0 Å². The van der Waals surface area contributed by atoms with Gasteiger partial charge in [-0.2, -0.15) is 0 Å². The molecule has 1 amide bonds. The van der Waals surface area contributed by atoms with E-state index in [0.717, 1.165) is 19.6 Å². The van der Waals surface area contributed by atoms with Crippen molar-refractivity contribution in [1.82, 2.24) is 4.90 Å². The van der Waals surface area contributed by atoms with E-state index in [2.05, 4.69) is 43.0 Å². The van der Waals surface area contributed by atoms with E-state index in [0.29, 0.717) is 11.3 Å². The summed E-state index contributed by atoms with van der Waals surface area (Å²) < 4.78 is 5.22. The van der Waals surface area contributed by atoms with Gasteiger partial charge in [-0.1, -0.05) is 18.2 Å². The third-order valence-corrected chi connectivity index (χ3v) is 4.56. The first kappa shape index (κ1) is 16.4. The minimum atomic E-state index is 0.0737. The Hall–Kier alpha value is -2.49. The van der Waals surface area contributed by atoms with E-state index in [1.165, 1.54) is 11.3 Å². The fraction of sp³-hybridized carbons (Fsp3) is 0.350. The van der Waals surface area contributed by atoms with Crippen molar-refractivity contribution in [1.29, 1.82) is 0 Å². The maximum absolute atomic E-state index is 12.8. The van der Waals surface area contributed by atoms with Crippen LogP contribution in [0, 0.1) is 6.92 Å². The Labute approximate surface area is 143 Å². The molecule has 4 nitrogen and oxygen atoms in total. The quantitative estimate of drug-likeness (QED) is 0.868. The molecule has 1 aliphatic heterocycles. The fourth-order valence-electron chi connectivity index (χ4n) is 3.27. The average molecular weight is 324 g/mol. The van der Waals surface area contributed by atoms with E-state index >= 15 is 0 Å². The zero-order valence-electron chi connectivity index (χ0n) is 14.5. The van der Waals surface area contributed by atoms with Gasteiger partial charge in [-0.05, 0) is 49.7 Å². The van der Waals surface area contributed by atoms with Crippen LogP contribution in [0.15, 0.2) is 48.5 Å². The predicted octanol–water partition coefficient (Wildman–Crippen LogP) is 3.35. The second-order valence-corrected chi connectivity index (χ2v) is 6.36. The topological polar surface area (TPSA) is 32.8 Å². The number of amides is 1. The Morgan fingerprint density at radius 2 is 1.92 bits per heavy atom. The molecule has 3 rings (SSSR count). The van der Waals surface area contributed by atoms with Crippen molar-refractivity contribution in [2.24, 2.45) is 0 Å². The van der Waals surface area contributed by atoms with Crippen LogP contribution in [0.3, 0.4) is 0 Å². The number of methoxy groups -OCH3 is 1. The van der Waals surface area contributed by atoms with E-state index < -0.39 is 0 Å².